The molecule has 18 heavy (non-hydrogen) atoms. The highest BCUT2D eigenvalue weighted by Crippen LogP contribution is 2.21. The number of likely N-dealkylation sites (N-methyl/N-ethyl adjacent to an activating group) is 1. The number of carboxylic acids is 1. The van der Waals surface area contributed by atoms with E-state index in [1.54, 1.807) is 7.05 Å². The van der Waals surface area contributed by atoms with Gasteiger partial charge in [-0.1, -0.05) is 0 Å². The number of rotatable bonds is 5. The summed E-state index contributed by atoms with van der Waals surface area (Å²) in [4.78, 5) is 35.0. The molecule has 1 heterocycles. The molecule has 0 aliphatic carbocycles. The molecule has 2 amide bonds. The average molecular weight is 258 g/mol. The molecule has 7 nitrogen and oxygen atoms in total. The predicted octanol–water partition coefficient (Wildman–Crippen LogP) is -0.787. The Morgan fingerprint density at radius 1 is 1.33 bits per heavy atom. The summed E-state index contributed by atoms with van der Waals surface area (Å²) in [5, 5.41) is 11.2. The standard InChI is InChI=1S/C11H18N2O5/c1-12-9(14)5-6-13(2)10(15)7-3-4-8(18-7)11(16)17/h7-8H,3-6H2,1-2H3,(H,12,14)(H,16,17). The van der Waals surface area contributed by atoms with Crippen LogP contribution in [0.25, 0.3) is 0 Å². The molecule has 1 rings (SSSR count). The zero-order chi connectivity index (χ0) is 13.7. The number of carbonyl (C=O) groups is 3. The second-order valence-electron chi connectivity index (χ2n) is 4.21. The Kier molecular flexibility index (Phi) is 5.08. The third-order valence-corrected chi connectivity index (χ3v) is 2.90. The van der Waals surface area contributed by atoms with Gasteiger partial charge < -0.3 is 20.1 Å². The number of ether oxygens (including phenoxy) is 1. The van der Waals surface area contributed by atoms with Crippen molar-refractivity contribution < 1.29 is 24.2 Å². The minimum absolute atomic E-state index is 0.148. The van der Waals surface area contributed by atoms with Gasteiger partial charge in [0.15, 0.2) is 6.10 Å². The third kappa shape index (κ3) is 3.69. The van der Waals surface area contributed by atoms with Crippen molar-refractivity contribution in [3.63, 3.8) is 0 Å². The number of hydrogen-bond acceptors (Lipinski definition) is 4. The van der Waals surface area contributed by atoms with Gasteiger partial charge in [0, 0.05) is 27.1 Å². The number of amides is 2. The van der Waals surface area contributed by atoms with Crippen molar-refractivity contribution in [2.75, 3.05) is 20.6 Å². The van der Waals surface area contributed by atoms with E-state index in [9.17, 15) is 14.4 Å². The van der Waals surface area contributed by atoms with E-state index in [2.05, 4.69) is 5.32 Å². The lowest BCUT2D eigenvalue weighted by molar-refractivity contribution is -0.154. The van der Waals surface area contributed by atoms with E-state index in [0.29, 0.717) is 12.8 Å². The molecule has 0 radical (unpaired) electrons. The third-order valence-electron chi connectivity index (χ3n) is 2.90. The van der Waals surface area contributed by atoms with Gasteiger partial charge in [0.2, 0.25) is 5.91 Å². The van der Waals surface area contributed by atoms with E-state index in [0.717, 1.165) is 0 Å². The number of nitrogens with zero attached hydrogens (tertiary/aromatic N) is 1. The fraction of sp³-hybridized carbons (Fsp3) is 0.727. The van der Waals surface area contributed by atoms with Gasteiger partial charge in [-0.15, -0.1) is 0 Å². The lowest BCUT2D eigenvalue weighted by atomic mass is 10.2. The molecule has 2 atom stereocenters. The molecule has 102 valence electrons. The van der Waals surface area contributed by atoms with Crippen LogP contribution >= 0.6 is 0 Å². The first-order valence-electron chi connectivity index (χ1n) is 5.79. The normalized spacial score (nSPS) is 22.6. The van der Waals surface area contributed by atoms with Gasteiger partial charge in [0.1, 0.15) is 6.10 Å². The molecule has 1 fully saturated rings. The molecule has 0 aromatic carbocycles. The van der Waals surface area contributed by atoms with Gasteiger partial charge in [-0.2, -0.15) is 0 Å². The van der Waals surface area contributed by atoms with Crippen LogP contribution in [0.15, 0.2) is 0 Å². The minimum Gasteiger partial charge on any atom is -0.479 e. The lowest BCUT2D eigenvalue weighted by Gasteiger charge is -2.20. The Morgan fingerprint density at radius 2 is 1.94 bits per heavy atom. The van der Waals surface area contributed by atoms with Gasteiger partial charge in [-0.05, 0) is 12.8 Å². The number of aliphatic carboxylic acids is 1. The predicted molar refractivity (Wildman–Crippen MR) is 61.9 cm³/mol. The molecule has 0 spiro atoms. The molecule has 0 aromatic rings. The maximum absolute atomic E-state index is 11.9. The van der Waals surface area contributed by atoms with Crippen LogP contribution in [0.1, 0.15) is 19.3 Å². The van der Waals surface area contributed by atoms with Gasteiger partial charge in [0.05, 0.1) is 0 Å². The summed E-state index contributed by atoms with van der Waals surface area (Å²) in [6, 6.07) is 0. The van der Waals surface area contributed by atoms with Crippen molar-refractivity contribution in [1.82, 2.24) is 10.2 Å². The van der Waals surface area contributed by atoms with E-state index in [-0.39, 0.29) is 24.8 Å². The van der Waals surface area contributed by atoms with Gasteiger partial charge in [-0.3, -0.25) is 9.59 Å². The van der Waals surface area contributed by atoms with Crippen LogP contribution < -0.4 is 5.32 Å². The van der Waals surface area contributed by atoms with E-state index in [1.807, 2.05) is 0 Å². The molecule has 1 aliphatic heterocycles. The molecule has 2 unspecified atom stereocenters. The number of hydrogen-bond donors (Lipinski definition) is 2. The van der Waals surface area contributed by atoms with Crippen molar-refractivity contribution in [2.45, 2.75) is 31.5 Å². The smallest absolute Gasteiger partial charge is 0.332 e. The molecule has 0 saturated carbocycles. The van der Waals surface area contributed by atoms with Crippen molar-refractivity contribution in [2.24, 2.45) is 0 Å². The fourth-order valence-electron chi connectivity index (χ4n) is 1.75. The van der Waals surface area contributed by atoms with Gasteiger partial charge in [0.25, 0.3) is 5.91 Å². The molecule has 2 N–H and O–H groups in total. The summed E-state index contributed by atoms with van der Waals surface area (Å²) in [7, 11) is 3.10. The highest BCUT2D eigenvalue weighted by Gasteiger charge is 2.35. The van der Waals surface area contributed by atoms with E-state index in [4.69, 9.17) is 9.84 Å². The summed E-state index contributed by atoms with van der Waals surface area (Å²) in [6.07, 6.45) is -0.643. The Bertz CT molecular complexity index is 344. The van der Waals surface area contributed by atoms with Crippen molar-refractivity contribution in [1.29, 1.82) is 0 Å². The quantitative estimate of drug-likeness (QED) is 0.674. The SMILES string of the molecule is CNC(=O)CCN(C)C(=O)C1CCC(C(=O)O)O1. The molecule has 0 bridgehead atoms. The largest absolute Gasteiger partial charge is 0.479 e. The maximum atomic E-state index is 11.9. The van der Waals surface area contributed by atoms with Crippen LogP contribution in [0.5, 0.6) is 0 Å². The number of carbonyl (C=O) groups excluding carboxylic acids is 2. The average Bonchev–Trinajstić information content (AvgIpc) is 2.84. The zero-order valence-electron chi connectivity index (χ0n) is 10.5. The van der Waals surface area contributed by atoms with Crippen molar-refractivity contribution in [3.8, 4) is 0 Å². The van der Waals surface area contributed by atoms with Gasteiger partial charge in [-0.25, -0.2) is 4.79 Å². The Morgan fingerprint density at radius 3 is 2.44 bits per heavy atom. The van der Waals surface area contributed by atoms with Crippen LogP contribution in [-0.2, 0) is 19.1 Å². The van der Waals surface area contributed by atoms with Crippen LogP contribution in [-0.4, -0.2) is 60.6 Å². The zero-order valence-corrected chi connectivity index (χ0v) is 10.5. The minimum atomic E-state index is -1.04. The summed E-state index contributed by atoms with van der Waals surface area (Å²) in [5.74, 6) is -1.47. The highest BCUT2D eigenvalue weighted by molar-refractivity contribution is 5.83. The summed E-state index contributed by atoms with van der Waals surface area (Å²) < 4.78 is 5.15. The van der Waals surface area contributed by atoms with E-state index < -0.39 is 18.2 Å². The van der Waals surface area contributed by atoms with E-state index >= 15 is 0 Å². The highest BCUT2D eigenvalue weighted by atomic mass is 16.5. The first-order chi connectivity index (χ1) is 8.45. The van der Waals surface area contributed by atoms with Crippen molar-refractivity contribution in [3.05, 3.63) is 0 Å². The summed E-state index contributed by atoms with van der Waals surface area (Å²) >= 11 is 0. The Hall–Kier alpha value is -1.63. The molecule has 0 aromatic heterocycles. The van der Waals surface area contributed by atoms with Crippen LogP contribution in [0, 0.1) is 0 Å². The maximum Gasteiger partial charge on any atom is 0.332 e. The van der Waals surface area contributed by atoms with E-state index in [1.165, 1.54) is 11.9 Å². The summed E-state index contributed by atoms with van der Waals surface area (Å²) in [6.45, 7) is 0.288. The number of carboxylic acid groups (broad SMARTS) is 1. The first kappa shape index (κ1) is 14.4. The second kappa shape index (κ2) is 6.34. The lowest BCUT2D eigenvalue weighted by Crippen LogP contribution is -2.39. The fourth-order valence-corrected chi connectivity index (χ4v) is 1.75. The molecular formula is C11H18N2O5. The van der Waals surface area contributed by atoms with Crippen LogP contribution in [0.3, 0.4) is 0 Å². The second-order valence-corrected chi connectivity index (χ2v) is 4.21. The van der Waals surface area contributed by atoms with Crippen LogP contribution in [0.4, 0.5) is 0 Å². The topological polar surface area (TPSA) is 95.9 Å². The van der Waals surface area contributed by atoms with Gasteiger partial charge >= 0.3 is 5.97 Å². The molecule has 1 saturated heterocycles. The van der Waals surface area contributed by atoms with Crippen molar-refractivity contribution >= 4 is 17.8 Å². The van der Waals surface area contributed by atoms with Crippen LogP contribution in [0.2, 0.25) is 0 Å². The first-order valence-corrected chi connectivity index (χ1v) is 5.79. The molecular weight excluding hydrogens is 240 g/mol. The summed E-state index contributed by atoms with van der Waals surface area (Å²) in [5.41, 5.74) is 0. The monoisotopic (exact) mass is 258 g/mol. The Labute approximate surface area is 105 Å². The molecule has 1 aliphatic rings. The Balaban J connectivity index is 2.40. The molecule has 7 heteroatoms. The number of nitrogens with one attached hydrogen (secondary N) is 1.